The quantitative estimate of drug-likeness (QED) is 0.853. The standard InChI is InChI=1S/C12H14N2OS/c13-5-4-11(12-14-6-7-16-12)9-2-1-3-10(15)8-9/h1-3,6-8,11,15H,4-5,13H2. The Balaban J connectivity index is 2.33. The fourth-order valence-electron chi connectivity index (χ4n) is 1.75. The number of thiazole rings is 1. The zero-order valence-corrected chi connectivity index (χ0v) is 9.65. The fraction of sp³-hybridized carbons (Fsp3) is 0.250. The summed E-state index contributed by atoms with van der Waals surface area (Å²) in [6.07, 6.45) is 2.64. The van der Waals surface area contributed by atoms with Crippen LogP contribution in [0, 0.1) is 0 Å². The molecule has 0 amide bonds. The maximum absolute atomic E-state index is 9.48. The average Bonchev–Trinajstić information content (AvgIpc) is 2.79. The number of hydrogen-bond donors (Lipinski definition) is 2. The van der Waals surface area contributed by atoms with Crippen LogP contribution in [0.25, 0.3) is 0 Å². The molecule has 0 fully saturated rings. The lowest BCUT2D eigenvalue weighted by atomic mass is 9.96. The van der Waals surface area contributed by atoms with Gasteiger partial charge in [-0.3, -0.25) is 0 Å². The summed E-state index contributed by atoms with van der Waals surface area (Å²) in [5.41, 5.74) is 6.70. The zero-order valence-electron chi connectivity index (χ0n) is 8.84. The molecule has 0 saturated carbocycles. The van der Waals surface area contributed by atoms with Crippen molar-refractivity contribution in [1.82, 2.24) is 4.98 Å². The Bertz CT molecular complexity index is 442. The number of phenolic OH excluding ortho intramolecular Hbond substituents is 1. The molecule has 16 heavy (non-hydrogen) atoms. The van der Waals surface area contributed by atoms with Crippen LogP contribution in [0.3, 0.4) is 0 Å². The molecule has 3 N–H and O–H groups in total. The monoisotopic (exact) mass is 234 g/mol. The maximum atomic E-state index is 9.48. The molecule has 0 saturated heterocycles. The van der Waals surface area contributed by atoms with Crippen LogP contribution in [-0.4, -0.2) is 16.6 Å². The van der Waals surface area contributed by atoms with Gasteiger partial charge in [-0.25, -0.2) is 4.98 Å². The Kier molecular flexibility index (Phi) is 3.54. The molecule has 2 aromatic rings. The third kappa shape index (κ3) is 2.40. The number of benzene rings is 1. The number of aromatic hydroxyl groups is 1. The molecule has 0 aliphatic carbocycles. The summed E-state index contributed by atoms with van der Waals surface area (Å²) >= 11 is 1.62. The first-order valence-electron chi connectivity index (χ1n) is 5.19. The molecule has 1 heterocycles. The van der Waals surface area contributed by atoms with Crippen LogP contribution >= 0.6 is 11.3 Å². The van der Waals surface area contributed by atoms with E-state index >= 15 is 0 Å². The van der Waals surface area contributed by atoms with Crippen LogP contribution in [0.4, 0.5) is 0 Å². The minimum absolute atomic E-state index is 0.192. The first-order valence-corrected chi connectivity index (χ1v) is 6.07. The summed E-state index contributed by atoms with van der Waals surface area (Å²) in [5.74, 6) is 0.480. The number of hydrogen-bond acceptors (Lipinski definition) is 4. The lowest BCUT2D eigenvalue weighted by Crippen LogP contribution is -2.08. The fourth-order valence-corrected chi connectivity index (χ4v) is 2.55. The predicted octanol–water partition coefficient (Wildman–Crippen LogP) is 2.33. The van der Waals surface area contributed by atoms with Crippen LogP contribution in [0.1, 0.15) is 22.9 Å². The molecule has 0 aliphatic heterocycles. The minimum atomic E-state index is 0.192. The van der Waals surface area contributed by atoms with Gasteiger partial charge >= 0.3 is 0 Å². The van der Waals surface area contributed by atoms with Crippen LogP contribution in [0.5, 0.6) is 5.75 Å². The largest absolute Gasteiger partial charge is 0.508 e. The maximum Gasteiger partial charge on any atom is 0.115 e. The van der Waals surface area contributed by atoms with Gasteiger partial charge in [0.15, 0.2) is 0 Å². The summed E-state index contributed by atoms with van der Waals surface area (Å²) in [6.45, 7) is 0.611. The molecule has 0 aliphatic rings. The topological polar surface area (TPSA) is 59.1 Å². The van der Waals surface area contributed by atoms with E-state index in [1.807, 2.05) is 17.5 Å². The molecule has 1 atom stereocenters. The van der Waals surface area contributed by atoms with Crippen molar-refractivity contribution in [2.75, 3.05) is 6.54 Å². The van der Waals surface area contributed by atoms with Crippen LogP contribution in [0.15, 0.2) is 35.8 Å². The third-order valence-corrected chi connectivity index (χ3v) is 3.37. The lowest BCUT2D eigenvalue weighted by molar-refractivity contribution is 0.474. The van der Waals surface area contributed by atoms with Crippen molar-refractivity contribution >= 4 is 11.3 Å². The van der Waals surface area contributed by atoms with E-state index in [9.17, 15) is 5.11 Å². The van der Waals surface area contributed by atoms with E-state index in [1.165, 1.54) is 0 Å². The van der Waals surface area contributed by atoms with Gasteiger partial charge in [-0.15, -0.1) is 11.3 Å². The second-order valence-electron chi connectivity index (χ2n) is 3.60. The predicted molar refractivity (Wildman–Crippen MR) is 65.7 cm³/mol. The number of nitrogens with two attached hydrogens (primary N) is 1. The number of nitrogens with zero attached hydrogens (tertiary/aromatic N) is 1. The Morgan fingerprint density at radius 2 is 2.31 bits per heavy atom. The molecule has 0 spiro atoms. The summed E-state index contributed by atoms with van der Waals surface area (Å²) in [4.78, 5) is 4.32. The summed E-state index contributed by atoms with van der Waals surface area (Å²) in [6, 6.07) is 7.30. The van der Waals surface area contributed by atoms with Gasteiger partial charge in [-0.1, -0.05) is 12.1 Å². The Labute approximate surface area is 98.6 Å². The Morgan fingerprint density at radius 1 is 1.44 bits per heavy atom. The van der Waals surface area contributed by atoms with Gasteiger partial charge < -0.3 is 10.8 Å². The first kappa shape index (κ1) is 11.1. The molecular formula is C12H14N2OS. The average molecular weight is 234 g/mol. The van der Waals surface area contributed by atoms with Gasteiger partial charge in [0.25, 0.3) is 0 Å². The highest BCUT2D eigenvalue weighted by atomic mass is 32.1. The van der Waals surface area contributed by atoms with Gasteiger partial charge in [0.05, 0.1) is 5.01 Å². The first-order chi connectivity index (χ1) is 7.81. The molecule has 0 radical (unpaired) electrons. The van der Waals surface area contributed by atoms with E-state index in [-0.39, 0.29) is 11.7 Å². The van der Waals surface area contributed by atoms with Crippen LogP contribution in [0.2, 0.25) is 0 Å². The summed E-state index contributed by atoms with van der Waals surface area (Å²) in [7, 11) is 0. The van der Waals surface area contributed by atoms with Gasteiger partial charge in [0.1, 0.15) is 5.75 Å². The van der Waals surface area contributed by atoms with Crippen LogP contribution in [-0.2, 0) is 0 Å². The van der Waals surface area contributed by atoms with E-state index < -0.39 is 0 Å². The van der Waals surface area contributed by atoms with Crippen molar-refractivity contribution in [3.63, 3.8) is 0 Å². The van der Waals surface area contributed by atoms with Crippen molar-refractivity contribution < 1.29 is 5.11 Å². The highest BCUT2D eigenvalue weighted by molar-refractivity contribution is 7.09. The molecular weight excluding hydrogens is 220 g/mol. The Hall–Kier alpha value is -1.39. The van der Waals surface area contributed by atoms with Crippen LogP contribution < -0.4 is 5.73 Å². The van der Waals surface area contributed by atoms with E-state index in [0.717, 1.165) is 17.0 Å². The van der Waals surface area contributed by atoms with Gasteiger partial charge in [-0.2, -0.15) is 0 Å². The highest BCUT2D eigenvalue weighted by Crippen LogP contribution is 2.30. The van der Waals surface area contributed by atoms with E-state index in [4.69, 9.17) is 5.73 Å². The zero-order chi connectivity index (χ0) is 11.4. The lowest BCUT2D eigenvalue weighted by Gasteiger charge is -2.13. The van der Waals surface area contributed by atoms with E-state index in [2.05, 4.69) is 4.98 Å². The van der Waals surface area contributed by atoms with E-state index in [0.29, 0.717) is 6.54 Å². The summed E-state index contributed by atoms with van der Waals surface area (Å²) < 4.78 is 0. The molecule has 4 heteroatoms. The number of phenols is 1. The van der Waals surface area contributed by atoms with Crippen molar-refractivity contribution in [3.05, 3.63) is 46.4 Å². The van der Waals surface area contributed by atoms with Crippen molar-refractivity contribution in [2.24, 2.45) is 5.73 Å². The summed E-state index contributed by atoms with van der Waals surface area (Å²) in [5, 5.41) is 12.5. The second-order valence-corrected chi connectivity index (χ2v) is 4.52. The molecule has 2 rings (SSSR count). The highest BCUT2D eigenvalue weighted by Gasteiger charge is 2.16. The molecule has 1 aromatic carbocycles. The van der Waals surface area contributed by atoms with Crippen molar-refractivity contribution in [1.29, 1.82) is 0 Å². The molecule has 1 unspecified atom stereocenters. The minimum Gasteiger partial charge on any atom is -0.508 e. The molecule has 84 valence electrons. The molecule has 3 nitrogen and oxygen atoms in total. The normalized spacial score (nSPS) is 12.6. The number of aromatic nitrogens is 1. The number of rotatable bonds is 4. The smallest absolute Gasteiger partial charge is 0.115 e. The molecule has 1 aromatic heterocycles. The second kappa shape index (κ2) is 5.09. The van der Waals surface area contributed by atoms with Gasteiger partial charge in [0, 0.05) is 17.5 Å². The Morgan fingerprint density at radius 3 is 2.94 bits per heavy atom. The SMILES string of the molecule is NCCC(c1cccc(O)c1)c1nccs1. The van der Waals surface area contributed by atoms with Gasteiger partial charge in [0.2, 0.25) is 0 Å². The molecule has 0 bridgehead atoms. The van der Waals surface area contributed by atoms with Crippen molar-refractivity contribution in [2.45, 2.75) is 12.3 Å². The van der Waals surface area contributed by atoms with Gasteiger partial charge in [-0.05, 0) is 30.7 Å². The van der Waals surface area contributed by atoms with E-state index in [1.54, 1.807) is 29.7 Å². The van der Waals surface area contributed by atoms with Crippen molar-refractivity contribution in [3.8, 4) is 5.75 Å². The third-order valence-electron chi connectivity index (χ3n) is 2.48.